The largest absolute Gasteiger partial charge is 0.0622 e. The van der Waals surface area contributed by atoms with Gasteiger partial charge in [0.1, 0.15) is 0 Å². The Morgan fingerprint density at radius 2 is 0.816 bits per heavy atom. The van der Waals surface area contributed by atoms with Crippen molar-refractivity contribution in [3.8, 4) is 0 Å². The molecule has 3 saturated carbocycles. The van der Waals surface area contributed by atoms with Crippen molar-refractivity contribution in [2.24, 2.45) is 5.92 Å². The molecule has 3 aromatic carbocycles. The number of benzene rings is 3. The van der Waals surface area contributed by atoms with Crippen LogP contribution in [0.1, 0.15) is 38.5 Å². The van der Waals surface area contributed by atoms with Gasteiger partial charge in [-0.15, -0.1) is 0 Å². The molecule has 6 rings (SSSR count). The zero-order valence-electron chi connectivity index (χ0n) is 22.3. The first kappa shape index (κ1) is 31.4. The SMILES string of the molecule is [CH]1[CH][CH][CH][CH]1.[CH]1[CH][CH][CH][CH]1.[Zr]=[CH]CC1CCCCC1.c1ccc(P(c2ccccc2)c2ccccc2)cc1. The molecule has 3 aliphatic carbocycles. The summed E-state index contributed by atoms with van der Waals surface area (Å²) >= 11 is 1.61. The Bertz CT molecular complexity index is 823. The zero-order chi connectivity index (χ0) is 26.5. The maximum Gasteiger partial charge on any atom is -0.0134 e. The van der Waals surface area contributed by atoms with Crippen LogP contribution in [0.25, 0.3) is 0 Å². The zero-order valence-corrected chi connectivity index (χ0v) is 25.6. The van der Waals surface area contributed by atoms with E-state index in [-0.39, 0.29) is 0 Å². The second-order valence-electron chi connectivity index (χ2n) is 9.21. The summed E-state index contributed by atoms with van der Waals surface area (Å²) in [5, 5.41) is 4.19. The molecule has 0 spiro atoms. The molecular formula is C36H39PZr. The fourth-order valence-electron chi connectivity index (χ4n) is 4.41. The van der Waals surface area contributed by atoms with Crippen molar-refractivity contribution in [1.82, 2.24) is 0 Å². The van der Waals surface area contributed by atoms with Crippen molar-refractivity contribution in [2.75, 3.05) is 0 Å². The molecule has 3 aliphatic rings. The van der Waals surface area contributed by atoms with E-state index in [1.807, 2.05) is 64.2 Å². The van der Waals surface area contributed by atoms with Crippen LogP contribution < -0.4 is 15.9 Å². The van der Waals surface area contributed by atoms with Crippen molar-refractivity contribution in [2.45, 2.75) is 38.5 Å². The average Bonchev–Trinajstić information content (AvgIpc) is 3.77. The quantitative estimate of drug-likeness (QED) is 0.265. The van der Waals surface area contributed by atoms with E-state index in [9.17, 15) is 0 Å². The van der Waals surface area contributed by atoms with Crippen molar-refractivity contribution >= 4 is 27.5 Å². The number of rotatable bonds is 5. The predicted octanol–water partition coefficient (Wildman–Crippen LogP) is 7.79. The summed E-state index contributed by atoms with van der Waals surface area (Å²) in [6.07, 6.45) is 28.9. The first-order valence-corrected chi connectivity index (χ1v) is 16.4. The Morgan fingerprint density at radius 1 is 0.500 bits per heavy atom. The van der Waals surface area contributed by atoms with Crippen molar-refractivity contribution < 1.29 is 24.2 Å². The van der Waals surface area contributed by atoms with Gasteiger partial charge in [-0.2, -0.15) is 0 Å². The smallest absolute Gasteiger partial charge is 0.0134 e. The summed E-state index contributed by atoms with van der Waals surface area (Å²) in [4.78, 5) is 0. The van der Waals surface area contributed by atoms with E-state index in [4.69, 9.17) is 0 Å². The van der Waals surface area contributed by atoms with Gasteiger partial charge >= 0.3 is 72.4 Å². The molecular weight excluding hydrogens is 555 g/mol. The van der Waals surface area contributed by atoms with Crippen LogP contribution in [0.2, 0.25) is 0 Å². The monoisotopic (exact) mass is 592 g/mol. The Kier molecular flexibility index (Phi) is 17.1. The molecule has 0 aromatic heterocycles. The summed E-state index contributed by atoms with van der Waals surface area (Å²) in [7, 11) is -0.446. The Balaban J connectivity index is 0.000000172. The number of hydrogen-bond acceptors (Lipinski definition) is 0. The van der Waals surface area contributed by atoms with E-state index in [0.717, 1.165) is 5.92 Å². The van der Waals surface area contributed by atoms with Gasteiger partial charge in [0, 0.05) is 0 Å². The Hall–Kier alpha value is -1.16. The van der Waals surface area contributed by atoms with Gasteiger partial charge < -0.3 is 0 Å². The molecule has 0 unspecified atom stereocenters. The molecule has 0 aliphatic heterocycles. The van der Waals surface area contributed by atoms with Crippen LogP contribution in [0.5, 0.6) is 0 Å². The van der Waals surface area contributed by atoms with Crippen LogP contribution in [-0.2, 0) is 24.2 Å². The Morgan fingerprint density at radius 3 is 1.11 bits per heavy atom. The van der Waals surface area contributed by atoms with Crippen LogP contribution in [0.15, 0.2) is 91.0 Å². The van der Waals surface area contributed by atoms with E-state index in [1.54, 1.807) is 24.2 Å². The summed E-state index contributed by atoms with van der Waals surface area (Å²) in [5.41, 5.74) is 0. The number of hydrogen-bond donors (Lipinski definition) is 0. The van der Waals surface area contributed by atoms with Crippen molar-refractivity contribution in [3.05, 3.63) is 155 Å². The maximum atomic E-state index is 2.41. The van der Waals surface area contributed by atoms with Crippen LogP contribution in [-0.4, -0.2) is 3.71 Å². The third kappa shape index (κ3) is 12.8. The van der Waals surface area contributed by atoms with Crippen LogP contribution in [0, 0.1) is 70.1 Å². The third-order valence-corrected chi connectivity index (χ3v) is 9.35. The first-order valence-electron chi connectivity index (χ1n) is 13.7. The minimum Gasteiger partial charge on any atom is -0.0622 e. The second kappa shape index (κ2) is 20.7. The molecule has 192 valence electrons. The summed E-state index contributed by atoms with van der Waals surface area (Å²) in [6.45, 7) is 0. The minimum absolute atomic E-state index is 0.446. The minimum atomic E-state index is -0.446. The van der Waals surface area contributed by atoms with E-state index in [1.165, 1.54) is 54.4 Å². The molecule has 0 N–H and O–H groups in total. The molecule has 3 fully saturated rings. The summed E-state index contributed by atoms with van der Waals surface area (Å²) < 4.78 is 2.41. The van der Waals surface area contributed by atoms with Crippen molar-refractivity contribution in [1.29, 1.82) is 0 Å². The van der Waals surface area contributed by atoms with Gasteiger partial charge in [0.05, 0.1) is 0 Å². The van der Waals surface area contributed by atoms with Crippen LogP contribution in [0.4, 0.5) is 0 Å². The first-order chi connectivity index (χ1) is 18.9. The van der Waals surface area contributed by atoms with Gasteiger partial charge in [0.15, 0.2) is 0 Å². The summed E-state index contributed by atoms with van der Waals surface area (Å²) in [5.74, 6) is 1.07. The van der Waals surface area contributed by atoms with Gasteiger partial charge in [-0.25, -0.2) is 0 Å². The Labute approximate surface area is 250 Å². The van der Waals surface area contributed by atoms with Crippen LogP contribution >= 0.6 is 7.92 Å². The molecule has 2 heteroatoms. The van der Waals surface area contributed by atoms with E-state index in [0.29, 0.717) is 0 Å². The van der Waals surface area contributed by atoms with Gasteiger partial charge in [-0.3, -0.25) is 0 Å². The van der Waals surface area contributed by atoms with Gasteiger partial charge in [-0.05, 0) is 88.0 Å². The molecule has 3 aromatic rings. The summed E-state index contributed by atoms with van der Waals surface area (Å²) in [6, 6.07) is 32.3. The standard InChI is InChI=1S/C18H15P.C8H14.2C5H5.Zr/c1-4-10-16(11-5-1)19(17-12-6-2-7-13-17)18-14-8-3-9-15-18;1-2-8-6-4-3-5-7-8;2*1-2-4-5-3-1;/h1-15H;1,8H,2-7H2;2*1-5H;. The second-order valence-corrected chi connectivity index (χ2v) is 12.4. The molecule has 0 atom stereocenters. The fourth-order valence-corrected chi connectivity index (χ4v) is 7.53. The van der Waals surface area contributed by atoms with Crippen molar-refractivity contribution in [3.63, 3.8) is 0 Å². The van der Waals surface area contributed by atoms with E-state index >= 15 is 0 Å². The molecule has 0 nitrogen and oxygen atoms in total. The average molecular weight is 594 g/mol. The predicted molar refractivity (Wildman–Crippen MR) is 165 cm³/mol. The molecule has 0 bridgehead atoms. The fraction of sp³-hybridized carbons (Fsp3) is 0.194. The van der Waals surface area contributed by atoms with E-state index in [2.05, 4.69) is 94.7 Å². The van der Waals surface area contributed by atoms with E-state index < -0.39 is 7.92 Å². The normalized spacial score (nSPS) is 16.7. The van der Waals surface area contributed by atoms with Gasteiger partial charge in [0.2, 0.25) is 0 Å². The van der Waals surface area contributed by atoms with Crippen LogP contribution in [0.3, 0.4) is 0 Å². The maximum absolute atomic E-state index is 2.41. The third-order valence-electron chi connectivity index (χ3n) is 6.33. The molecule has 38 heavy (non-hydrogen) atoms. The molecule has 0 saturated heterocycles. The topological polar surface area (TPSA) is 0 Å². The van der Waals surface area contributed by atoms with Gasteiger partial charge in [-0.1, -0.05) is 91.0 Å². The molecule has 0 heterocycles. The molecule has 0 amide bonds. The van der Waals surface area contributed by atoms with Gasteiger partial charge in [0.25, 0.3) is 0 Å². The molecule has 10 radical (unpaired) electrons.